The molecule has 0 aliphatic heterocycles. The molecule has 0 heterocycles. The van der Waals surface area contributed by atoms with Crippen LogP contribution >= 0.6 is 15.9 Å². The summed E-state index contributed by atoms with van der Waals surface area (Å²) >= 11 is 3.43. The van der Waals surface area contributed by atoms with Crippen LogP contribution in [0, 0.1) is 11.2 Å². The smallest absolute Gasteiger partial charge is 0.194 e. The standard InChI is InChI=1S/C32H12BF24.C21H16BrOS/c34-25(35,36)13-1-14(26(37,38)39)6-21(5-13)33(22-7-15(27(40,41)42)2-16(8-22)28(43,44)45,23-9-17(29(46,47)48)3-18(10-23)30(49,50)51)24-11-19(31(52,53)54)4-20(12-24)32(55,56)57;22-20-13-11-19(12-14-20)17-24(23,21-9-5-2-6-10-21)16-15-18-7-3-1-4-8-18/h1-12H;1-14H,17H2/q-1;+1. The van der Waals surface area contributed by atoms with E-state index in [1.165, 1.54) is 0 Å². The molecule has 7 rings (SSSR count). The van der Waals surface area contributed by atoms with Crippen LogP contribution in [0.25, 0.3) is 0 Å². The van der Waals surface area contributed by atoms with E-state index in [2.05, 4.69) is 27.1 Å². The summed E-state index contributed by atoms with van der Waals surface area (Å²) in [5.74, 6) is 3.49. The topological polar surface area (TPSA) is 17.1 Å². The summed E-state index contributed by atoms with van der Waals surface area (Å²) in [5, 5.41) is 3.06. The van der Waals surface area contributed by atoms with Crippen LogP contribution in [0.1, 0.15) is 55.6 Å². The highest BCUT2D eigenvalue weighted by molar-refractivity contribution is 9.10. The summed E-state index contributed by atoms with van der Waals surface area (Å²) in [6, 6.07) is 18.3. The van der Waals surface area contributed by atoms with Gasteiger partial charge in [0.25, 0.3) is 0 Å². The molecule has 7 aromatic carbocycles. The first kappa shape index (κ1) is 63.3. The van der Waals surface area contributed by atoms with Gasteiger partial charge in [0, 0.05) is 15.6 Å². The third kappa shape index (κ3) is 15.2. The molecule has 28 heteroatoms. The van der Waals surface area contributed by atoms with Crippen LogP contribution < -0.4 is 21.9 Å². The van der Waals surface area contributed by atoms with Crippen molar-refractivity contribution in [3.8, 4) is 11.2 Å². The molecule has 0 fully saturated rings. The van der Waals surface area contributed by atoms with E-state index in [1.54, 1.807) is 0 Å². The molecule has 0 aliphatic carbocycles. The molecular formula is C53H28BBrF24OS. The summed E-state index contributed by atoms with van der Waals surface area (Å²) in [4.78, 5) is 0.774. The summed E-state index contributed by atoms with van der Waals surface area (Å²) in [5.41, 5.74) is -28.3. The van der Waals surface area contributed by atoms with Crippen molar-refractivity contribution < 1.29 is 110 Å². The third-order valence-electron chi connectivity index (χ3n) is 12.0. The second-order valence-corrected chi connectivity index (χ2v) is 20.8. The Morgan fingerprint density at radius 1 is 0.346 bits per heavy atom. The van der Waals surface area contributed by atoms with Gasteiger partial charge < -0.3 is 0 Å². The highest BCUT2D eigenvalue weighted by Crippen LogP contribution is 2.42. The zero-order valence-electron chi connectivity index (χ0n) is 39.6. The van der Waals surface area contributed by atoms with E-state index < -0.39 is 205 Å². The van der Waals surface area contributed by atoms with E-state index in [4.69, 9.17) is 0 Å². The van der Waals surface area contributed by atoms with Crippen LogP contribution in [0.3, 0.4) is 0 Å². The van der Waals surface area contributed by atoms with Gasteiger partial charge in [0.2, 0.25) is 0 Å². The molecule has 430 valence electrons. The minimum Gasteiger partial charge on any atom is -0.194 e. The fourth-order valence-corrected chi connectivity index (χ4v) is 10.5. The highest BCUT2D eigenvalue weighted by atomic mass is 79.9. The maximum absolute atomic E-state index is 14.2. The maximum Gasteiger partial charge on any atom is 0.416 e. The average molecular weight is 1260 g/mol. The first-order chi connectivity index (χ1) is 36.9. The van der Waals surface area contributed by atoms with Gasteiger partial charge >= 0.3 is 49.4 Å². The molecule has 1 nitrogen and oxygen atoms in total. The second-order valence-electron chi connectivity index (χ2n) is 17.6. The molecule has 81 heavy (non-hydrogen) atoms. The number of benzene rings is 7. The Labute approximate surface area is 451 Å². The number of hydrogen-bond acceptors (Lipinski definition) is 1. The molecule has 7 aromatic rings. The summed E-state index contributed by atoms with van der Waals surface area (Å²) in [6.07, 6.45) is -54.8. The van der Waals surface area contributed by atoms with E-state index in [-0.39, 0.29) is 0 Å². The lowest BCUT2D eigenvalue weighted by Gasteiger charge is -2.46. The van der Waals surface area contributed by atoms with Crippen molar-refractivity contribution in [2.75, 3.05) is 0 Å². The van der Waals surface area contributed by atoms with Crippen LogP contribution in [0.5, 0.6) is 0 Å². The van der Waals surface area contributed by atoms with Gasteiger partial charge in [0.15, 0.2) is 25.8 Å². The van der Waals surface area contributed by atoms with Crippen molar-refractivity contribution in [3.63, 3.8) is 0 Å². The summed E-state index contributed by atoms with van der Waals surface area (Å²) < 4.78 is 355. The second kappa shape index (κ2) is 22.5. The van der Waals surface area contributed by atoms with Crippen LogP contribution in [-0.2, 0) is 69.3 Å². The Morgan fingerprint density at radius 2 is 0.593 bits per heavy atom. The number of alkyl halides is 24. The summed E-state index contributed by atoms with van der Waals surface area (Å²) in [6.45, 7) is 0. The molecule has 0 aliphatic rings. The molecule has 0 spiro atoms. The predicted molar refractivity (Wildman–Crippen MR) is 254 cm³/mol. The van der Waals surface area contributed by atoms with E-state index in [0.29, 0.717) is 5.75 Å². The third-order valence-corrected chi connectivity index (χ3v) is 14.7. The monoisotopic (exact) mass is 1260 g/mol. The normalized spacial score (nSPS) is 13.8. The Bertz CT molecular complexity index is 3050. The SMILES string of the molecule is FC(F)(F)c1cc([B-](c2cc(C(F)(F)F)cc(C(F)(F)F)c2)(c2cc(C(F)(F)F)cc(C(F)(F)F)c2)c2cc(C(F)(F)F)cc(C(F)(F)F)c2)cc(C(F)(F)F)c1.O=[S+](C#Cc1ccccc1)(Cc1ccc(Br)cc1)c1ccccc1. The molecule has 1 unspecified atom stereocenters. The first-order valence-corrected chi connectivity index (χ1v) is 24.7. The lowest BCUT2D eigenvalue weighted by molar-refractivity contribution is -0.144. The molecule has 0 saturated carbocycles. The fraction of sp³-hybridized carbons (Fsp3) is 0.170. The predicted octanol–water partition coefficient (Wildman–Crippen LogP) is 16.7. The van der Waals surface area contributed by atoms with E-state index >= 15 is 0 Å². The molecule has 0 bridgehead atoms. The van der Waals surface area contributed by atoms with Gasteiger partial charge in [0.1, 0.15) is 6.15 Å². The Morgan fingerprint density at radius 3 is 0.840 bits per heavy atom. The quantitative estimate of drug-likeness (QED) is 0.0673. The minimum atomic E-state index is -6.13. The molecule has 0 aromatic heterocycles. The van der Waals surface area contributed by atoms with Gasteiger partial charge in [0.05, 0.1) is 44.5 Å². The Kier molecular flexibility index (Phi) is 17.6. The van der Waals surface area contributed by atoms with E-state index in [9.17, 15) is 110 Å². The van der Waals surface area contributed by atoms with Crippen molar-refractivity contribution in [3.05, 3.63) is 218 Å². The number of rotatable bonds is 7. The van der Waals surface area contributed by atoms with Crippen LogP contribution in [-0.4, -0.2) is 6.15 Å². The molecule has 0 N–H and O–H groups in total. The minimum absolute atomic E-state index is 0.407. The van der Waals surface area contributed by atoms with Crippen LogP contribution in [0.4, 0.5) is 105 Å². The van der Waals surface area contributed by atoms with Crippen LogP contribution in [0.15, 0.2) is 167 Å². The van der Waals surface area contributed by atoms with Gasteiger partial charge in [-0.15, -0.1) is 0 Å². The Hall–Kier alpha value is -6.89. The average Bonchev–Trinajstić information content (AvgIpc) is 3.09. The largest absolute Gasteiger partial charge is 0.416 e. The van der Waals surface area contributed by atoms with Crippen LogP contribution in [0.2, 0.25) is 0 Å². The highest BCUT2D eigenvalue weighted by Gasteiger charge is 2.47. The molecule has 0 amide bonds. The van der Waals surface area contributed by atoms with Crippen molar-refractivity contribution in [1.29, 1.82) is 0 Å². The number of halogens is 25. The molecule has 0 saturated heterocycles. The van der Waals surface area contributed by atoms with Crippen molar-refractivity contribution in [1.82, 2.24) is 0 Å². The lowest BCUT2D eigenvalue weighted by atomic mass is 9.12. The first-order valence-electron chi connectivity index (χ1n) is 22.2. The lowest BCUT2D eigenvalue weighted by Crippen LogP contribution is -2.75. The van der Waals surface area contributed by atoms with Gasteiger partial charge in [-0.25, -0.2) is 0 Å². The van der Waals surface area contributed by atoms with Gasteiger partial charge in [-0.2, -0.15) is 127 Å². The van der Waals surface area contributed by atoms with E-state index in [1.807, 2.05) is 84.9 Å². The zero-order valence-corrected chi connectivity index (χ0v) is 42.0. The fourth-order valence-electron chi connectivity index (χ4n) is 8.37. The number of hydrogen-bond donors (Lipinski definition) is 0. The van der Waals surface area contributed by atoms with E-state index in [0.717, 1.165) is 20.5 Å². The van der Waals surface area contributed by atoms with Crippen molar-refractivity contribution in [2.24, 2.45) is 0 Å². The molecular weight excluding hydrogens is 1230 g/mol. The molecule has 0 radical (unpaired) electrons. The van der Waals surface area contributed by atoms with Crippen molar-refractivity contribution in [2.45, 2.75) is 60.1 Å². The van der Waals surface area contributed by atoms with Crippen molar-refractivity contribution >= 4 is 53.9 Å². The van der Waals surface area contributed by atoms with Gasteiger partial charge in [-0.05, 0) is 66.6 Å². The molecule has 1 atom stereocenters. The Balaban J connectivity index is 0.000000363. The zero-order chi connectivity index (χ0) is 60.7. The van der Waals surface area contributed by atoms with Gasteiger partial charge in [-0.3, -0.25) is 0 Å². The van der Waals surface area contributed by atoms with Gasteiger partial charge in [-0.1, -0.05) is 117 Å². The summed E-state index contributed by atoms with van der Waals surface area (Å²) in [7, 11) is -2.51. The maximum atomic E-state index is 14.2.